The fraction of sp³-hybridized carbons (Fsp3) is 0.652. The molecule has 1 aromatic rings. The Bertz CT molecular complexity index is 832. The summed E-state index contributed by atoms with van der Waals surface area (Å²) in [6, 6.07) is 7.63. The number of nitrogens with one attached hydrogen (secondary N) is 1. The van der Waals surface area contributed by atoms with Gasteiger partial charge >= 0.3 is 12.1 Å². The fourth-order valence-electron chi connectivity index (χ4n) is 6.27. The molecular formula is C23H31NO5S. The monoisotopic (exact) mass is 433 g/mol. The van der Waals surface area contributed by atoms with Crippen LogP contribution in [0.15, 0.2) is 29.2 Å². The van der Waals surface area contributed by atoms with Gasteiger partial charge in [0.2, 0.25) is 0 Å². The number of benzene rings is 1. The average molecular weight is 434 g/mol. The molecule has 1 amide bonds. The summed E-state index contributed by atoms with van der Waals surface area (Å²) in [6.45, 7) is 4.20. The zero-order valence-corrected chi connectivity index (χ0v) is 18.7. The maximum Gasteiger partial charge on any atom is 0.411 e. The molecule has 4 rings (SSSR count). The predicted molar refractivity (Wildman–Crippen MR) is 115 cm³/mol. The SMILES string of the molecule is CSc1cccc(NC(=O)O[C@@H]2CC[C@]3(C)C(CC[C@H]4OC(=O)C[C@H]43)[C@]2(C)CO)c1. The summed E-state index contributed by atoms with van der Waals surface area (Å²) in [6.07, 6.45) is 4.76. The van der Waals surface area contributed by atoms with Crippen LogP contribution in [0.3, 0.4) is 0 Å². The third-order valence-electron chi connectivity index (χ3n) is 7.88. The smallest absolute Gasteiger partial charge is 0.411 e. The largest absolute Gasteiger partial charge is 0.462 e. The van der Waals surface area contributed by atoms with Gasteiger partial charge in [-0.15, -0.1) is 11.8 Å². The van der Waals surface area contributed by atoms with E-state index in [1.165, 1.54) is 0 Å². The van der Waals surface area contributed by atoms with Crippen molar-refractivity contribution in [2.75, 3.05) is 18.2 Å². The van der Waals surface area contributed by atoms with Crippen molar-refractivity contribution in [2.45, 2.75) is 63.1 Å². The molecule has 0 radical (unpaired) electrons. The zero-order valence-electron chi connectivity index (χ0n) is 17.8. The molecule has 0 spiro atoms. The molecule has 0 aromatic heterocycles. The first-order valence-electron chi connectivity index (χ1n) is 10.7. The van der Waals surface area contributed by atoms with Gasteiger partial charge in [-0.1, -0.05) is 19.9 Å². The van der Waals surface area contributed by atoms with Crippen LogP contribution in [0, 0.1) is 22.7 Å². The number of carbonyl (C=O) groups is 2. The number of aliphatic hydroxyl groups excluding tert-OH is 1. The van der Waals surface area contributed by atoms with Crippen LogP contribution in [0.2, 0.25) is 0 Å². The summed E-state index contributed by atoms with van der Waals surface area (Å²) >= 11 is 1.61. The van der Waals surface area contributed by atoms with Gasteiger partial charge in [-0.05, 0) is 61.5 Å². The highest BCUT2D eigenvalue weighted by atomic mass is 32.2. The second-order valence-corrected chi connectivity index (χ2v) is 10.3. The molecule has 2 saturated carbocycles. The van der Waals surface area contributed by atoms with Gasteiger partial charge in [0.25, 0.3) is 0 Å². The molecule has 30 heavy (non-hydrogen) atoms. The molecule has 3 fully saturated rings. The van der Waals surface area contributed by atoms with Crippen molar-refractivity contribution in [3.05, 3.63) is 24.3 Å². The van der Waals surface area contributed by atoms with Crippen LogP contribution in [-0.2, 0) is 14.3 Å². The number of hydrogen-bond donors (Lipinski definition) is 2. The molecule has 164 valence electrons. The highest BCUT2D eigenvalue weighted by Crippen LogP contribution is 2.62. The predicted octanol–water partition coefficient (Wildman–Crippen LogP) is 4.47. The van der Waals surface area contributed by atoms with Gasteiger partial charge in [-0.3, -0.25) is 10.1 Å². The van der Waals surface area contributed by atoms with Crippen LogP contribution >= 0.6 is 11.8 Å². The lowest BCUT2D eigenvalue weighted by molar-refractivity contribution is -0.174. The minimum atomic E-state index is -0.554. The molecule has 1 aliphatic heterocycles. The summed E-state index contributed by atoms with van der Waals surface area (Å²) in [5.41, 5.74) is 0.0396. The van der Waals surface area contributed by atoms with E-state index in [1.54, 1.807) is 11.8 Å². The Morgan fingerprint density at radius 2 is 2.13 bits per heavy atom. The fourth-order valence-corrected chi connectivity index (χ4v) is 6.73. The van der Waals surface area contributed by atoms with Gasteiger partial charge in [-0.25, -0.2) is 4.79 Å². The minimum Gasteiger partial charge on any atom is -0.462 e. The molecule has 3 aliphatic rings. The van der Waals surface area contributed by atoms with Crippen molar-refractivity contribution in [2.24, 2.45) is 22.7 Å². The lowest BCUT2D eigenvalue weighted by Gasteiger charge is -2.59. The number of rotatable bonds is 4. The quantitative estimate of drug-likeness (QED) is 0.538. The van der Waals surface area contributed by atoms with E-state index in [1.807, 2.05) is 37.4 Å². The lowest BCUT2D eigenvalue weighted by Crippen LogP contribution is -2.59. The van der Waals surface area contributed by atoms with E-state index in [-0.39, 0.29) is 42.0 Å². The van der Waals surface area contributed by atoms with Crippen LogP contribution in [0.25, 0.3) is 0 Å². The van der Waals surface area contributed by atoms with Crippen LogP contribution < -0.4 is 5.32 Å². The summed E-state index contributed by atoms with van der Waals surface area (Å²) in [5.74, 6) is 0.235. The lowest BCUT2D eigenvalue weighted by atomic mass is 9.46. The van der Waals surface area contributed by atoms with Crippen molar-refractivity contribution in [3.63, 3.8) is 0 Å². The normalized spacial score (nSPS) is 37.7. The number of thioether (sulfide) groups is 1. The summed E-state index contributed by atoms with van der Waals surface area (Å²) in [4.78, 5) is 25.7. The van der Waals surface area contributed by atoms with E-state index in [0.29, 0.717) is 18.5 Å². The molecule has 0 bridgehead atoms. The highest BCUT2D eigenvalue weighted by molar-refractivity contribution is 7.98. The van der Waals surface area contributed by atoms with Crippen molar-refractivity contribution in [1.82, 2.24) is 0 Å². The number of carbonyl (C=O) groups excluding carboxylic acids is 2. The van der Waals surface area contributed by atoms with Gasteiger partial charge in [0.15, 0.2) is 0 Å². The number of esters is 1. The Morgan fingerprint density at radius 3 is 2.87 bits per heavy atom. The van der Waals surface area contributed by atoms with Crippen molar-refractivity contribution >= 4 is 29.5 Å². The third-order valence-corrected chi connectivity index (χ3v) is 8.61. The van der Waals surface area contributed by atoms with Crippen molar-refractivity contribution < 1.29 is 24.2 Å². The Hall–Kier alpha value is -1.73. The van der Waals surface area contributed by atoms with E-state index < -0.39 is 11.5 Å². The van der Waals surface area contributed by atoms with Gasteiger partial charge < -0.3 is 14.6 Å². The molecule has 1 saturated heterocycles. The van der Waals surface area contributed by atoms with Crippen LogP contribution in [0.4, 0.5) is 10.5 Å². The molecular weight excluding hydrogens is 402 g/mol. The first-order valence-corrected chi connectivity index (χ1v) is 11.9. The molecule has 7 heteroatoms. The van der Waals surface area contributed by atoms with Crippen molar-refractivity contribution in [3.8, 4) is 0 Å². The topological polar surface area (TPSA) is 84.9 Å². The second-order valence-electron chi connectivity index (χ2n) is 9.43. The Labute approximate surface area is 182 Å². The summed E-state index contributed by atoms with van der Waals surface area (Å²) < 4.78 is 11.4. The summed E-state index contributed by atoms with van der Waals surface area (Å²) in [7, 11) is 0. The Kier molecular flexibility index (Phi) is 5.79. The number of ether oxygens (including phenoxy) is 2. The van der Waals surface area contributed by atoms with Crippen molar-refractivity contribution in [1.29, 1.82) is 0 Å². The van der Waals surface area contributed by atoms with E-state index in [2.05, 4.69) is 12.2 Å². The maximum atomic E-state index is 12.7. The van der Waals surface area contributed by atoms with Crippen LogP contribution in [0.1, 0.15) is 46.0 Å². The van der Waals surface area contributed by atoms with Crippen LogP contribution in [0.5, 0.6) is 0 Å². The Balaban J connectivity index is 1.50. The molecule has 1 aromatic carbocycles. The molecule has 1 heterocycles. The van der Waals surface area contributed by atoms with E-state index in [4.69, 9.17) is 9.47 Å². The van der Waals surface area contributed by atoms with E-state index in [9.17, 15) is 14.7 Å². The minimum absolute atomic E-state index is 0.00817. The first-order chi connectivity index (χ1) is 14.3. The third kappa shape index (κ3) is 3.60. The maximum absolute atomic E-state index is 12.7. The standard InChI is InChI=1S/C23H31NO5S/c1-22-10-9-19(29-21(27)24-14-5-4-6-15(11-14)30-3)23(2,13-25)18(22)8-7-17-16(22)12-20(26)28-17/h4-6,11,16-19,25H,7-10,12-13H2,1-3H3,(H,24,27)/t16-,17-,18?,19-,22+,23+/m1/s1. The molecule has 1 unspecified atom stereocenters. The van der Waals surface area contributed by atoms with E-state index in [0.717, 1.165) is 24.2 Å². The number of fused-ring (bicyclic) bond motifs is 3. The highest BCUT2D eigenvalue weighted by Gasteiger charge is 2.62. The number of amides is 1. The average Bonchev–Trinajstić information content (AvgIpc) is 3.12. The molecule has 6 nitrogen and oxygen atoms in total. The van der Waals surface area contributed by atoms with Gasteiger partial charge in [0, 0.05) is 21.9 Å². The number of hydrogen-bond acceptors (Lipinski definition) is 6. The second kappa shape index (κ2) is 8.08. The van der Waals surface area contributed by atoms with Gasteiger partial charge in [-0.2, -0.15) is 0 Å². The number of aliphatic hydroxyl groups is 1. The summed E-state index contributed by atoms with van der Waals surface area (Å²) in [5, 5.41) is 13.3. The van der Waals surface area contributed by atoms with Gasteiger partial charge in [0.1, 0.15) is 12.2 Å². The molecule has 6 atom stereocenters. The van der Waals surface area contributed by atoms with E-state index >= 15 is 0 Å². The van der Waals surface area contributed by atoms with Crippen LogP contribution in [-0.4, -0.2) is 42.2 Å². The molecule has 2 N–H and O–H groups in total. The number of anilines is 1. The first kappa shape index (κ1) is 21.5. The van der Waals surface area contributed by atoms with Gasteiger partial charge in [0.05, 0.1) is 13.0 Å². The molecule has 2 aliphatic carbocycles. The zero-order chi connectivity index (χ0) is 21.5. The Morgan fingerprint density at radius 1 is 1.33 bits per heavy atom.